The van der Waals surface area contributed by atoms with Crippen molar-refractivity contribution in [2.75, 3.05) is 18.4 Å². The van der Waals surface area contributed by atoms with Crippen LogP contribution in [0, 0.1) is 5.41 Å². The van der Waals surface area contributed by atoms with Gasteiger partial charge >= 0.3 is 11.9 Å². The first-order valence-corrected chi connectivity index (χ1v) is 12.5. The quantitative estimate of drug-likeness (QED) is 0.233. The number of rotatable bonds is 10. The average molecular weight is 541 g/mol. The molecule has 2 N–H and O–H groups in total. The number of hydrogen-bond donors (Lipinski definition) is 2. The Labute approximate surface area is 228 Å². The number of aromatic nitrogens is 4. The number of azo groups is 2. The van der Waals surface area contributed by atoms with Gasteiger partial charge in [0.1, 0.15) is 11.7 Å². The van der Waals surface area contributed by atoms with Crippen LogP contribution in [0.25, 0.3) is 0 Å². The van der Waals surface area contributed by atoms with Crippen molar-refractivity contribution in [1.29, 1.82) is 0 Å². The fourth-order valence-corrected chi connectivity index (χ4v) is 4.06. The van der Waals surface area contributed by atoms with Gasteiger partial charge in [-0.15, -0.1) is 5.11 Å². The monoisotopic (exact) mass is 540 g/mol. The van der Waals surface area contributed by atoms with Crippen molar-refractivity contribution in [3.8, 4) is 0 Å². The lowest BCUT2D eigenvalue weighted by molar-refractivity contribution is -0.657. The lowest BCUT2D eigenvalue weighted by Crippen LogP contribution is -3.00. The zero-order valence-electron chi connectivity index (χ0n) is 23.3. The number of anilines is 1. The van der Waals surface area contributed by atoms with Gasteiger partial charge in [0.25, 0.3) is 0 Å². The zero-order valence-corrected chi connectivity index (χ0v) is 23.3. The van der Waals surface area contributed by atoms with E-state index in [0.717, 1.165) is 36.4 Å². The van der Waals surface area contributed by atoms with Crippen molar-refractivity contribution >= 4 is 23.3 Å². The van der Waals surface area contributed by atoms with Crippen LogP contribution in [0.1, 0.15) is 13.8 Å². The van der Waals surface area contributed by atoms with Gasteiger partial charge in [-0.05, 0) is 17.5 Å². The molecule has 10 nitrogen and oxygen atoms in total. The first kappa shape index (κ1) is 31.2. The fourth-order valence-electron chi connectivity index (χ4n) is 4.06. The third-order valence-electron chi connectivity index (χ3n) is 6.40. The number of halogens is 2. The fraction of sp³-hybridized carbons (Fsp3) is 0.407. The Bertz CT molecular complexity index is 1300. The number of benzene rings is 1. The smallest absolute Gasteiger partial charge is 0.421 e. The summed E-state index contributed by atoms with van der Waals surface area (Å²) in [6.07, 6.45) is 16.2. The van der Waals surface area contributed by atoms with Crippen LogP contribution in [0.3, 0.4) is 0 Å². The molecule has 0 fully saturated rings. The molecule has 39 heavy (non-hydrogen) atoms. The molecule has 1 aliphatic rings. The summed E-state index contributed by atoms with van der Waals surface area (Å²) in [6.45, 7) is 6.05. The maximum atomic E-state index is 4.63. The number of para-hydroxylation sites is 1. The van der Waals surface area contributed by atoms with Crippen molar-refractivity contribution in [1.82, 2.24) is 14.5 Å². The number of hydrogen-bond acceptors (Lipinski definition) is 6. The Balaban J connectivity index is 0.00000267. The molecule has 0 saturated heterocycles. The Hall–Kier alpha value is -4.06. The molecular weight excluding hydrogens is 502 g/mol. The maximum absolute atomic E-state index is 4.63. The molecule has 0 amide bonds. The van der Waals surface area contributed by atoms with Crippen LogP contribution < -0.4 is 29.2 Å². The van der Waals surface area contributed by atoms with Gasteiger partial charge in [-0.2, -0.15) is 0 Å². The predicted octanol–water partition coefficient (Wildman–Crippen LogP) is -1.89. The molecule has 1 aromatic carbocycles. The minimum atomic E-state index is -0.0661. The molecule has 4 rings (SSSR count). The lowest BCUT2D eigenvalue weighted by atomic mass is 9.92. The zero-order chi connectivity index (χ0) is 26.4. The molecule has 210 valence electrons. The summed E-state index contributed by atoms with van der Waals surface area (Å²) in [4.78, 5) is 0. The third kappa shape index (κ3) is 7.96. The van der Waals surface area contributed by atoms with Crippen LogP contribution in [0.4, 0.5) is 23.3 Å². The van der Waals surface area contributed by atoms with Gasteiger partial charge in [0.2, 0.25) is 0 Å². The SMILES string of the molecule is Cn1cc[n+](C)c1N=Nc1ccccc1NCC(C)(C)CNC1C=CC=CC1N=Nc1n(C)cc[n+]1C.[F-].[F-]. The second-order valence-electron chi connectivity index (χ2n) is 10.3. The first-order valence-electron chi connectivity index (χ1n) is 12.5. The largest absolute Gasteiger partial charge is 1.00 e. The number of allylic oxidation sites excluding steroid dienone is 2. The number of aryl methyl sites for hydroxylation is 4. The Kier molecular flexibility index (Phi) is 10.9. The predicted molar refractivity (Wildman–Crippen MR) is 144 cm³/mol. The lowest BCUT2D eigenvalue weighted by Gasteiger charge is -2.29. The van der Waals surface area contributed by atoms with E-state index in [2.05, 4.69) is 63.2 Å². The molecule has 1 aliphatic carbocycles. The van der Waals surface area contributed by atoms with Gasteiger partial charge in [0.15, 0.2) is 0 Å². The maximum Gasteiger partial charge on any atom is 0.421 e. The van der Waals surface area contributed by atoms with Crippen LogP contribution in [-0.2, 0) is 28.2 Å². The Morgan fingerprint density at radius 2 is 1.46 bits per heavy atom. The van der Waals surface area contributed by atoms with Crippen LogP contribution in [0.15, 0.2) is 93.8 Å². The molecule has 2 unspecified atom stereocenters. The third-order valence-corrected chi connectivity index (χ3v) is 6.40. The highest BCUT2D eigenvalue weighted by atomic mass is 19.0. The molecule has 0 bridgehead atoms. The summed E-state index contributed by atoms with van der Waals surface area (Å²) < 4.78 is 7.80. The van der Waals surface area contributed by atoms with Gasteiger partial charge in [0, 0.05) is 23.3 Å². The summed E-state index contributed by atoms with van der Waals surface area (Å²) in [6, 6.07) is 8.01. The molecule has 2 heterocycles. The summed E-state index contributed by atoms with van der Waals surface area (Å²) in [7, 11) is 7.85. The van der Waals surface area contributed by atoms with Crippen molar-refractivity contribution in [2.45, 2.75) is 25.9 Å². The van der Waals surface area contributed by atoms with Crippen LogP contribution in [0.5, 0.6) is 0 Å². The molecule has 2 aromatic heterocycles. The normalized spacial score (nSPS) is 17.0. The summed E-state index contributed by atoms with van der Waals surface area (Å²) in [5, 5.41) is 25.4. The van der Waals surface area contributed by atoms with E-state index in [0.29, 0.717) is 0 Å². The van der Waals surface area contributed by atoms with E-state index in [1.54, 1.807) is 0 Å². The number of nitrogens with one attached hydrogen (secondary N) is 2. The van der Waals surface area contributed by atoms with E-state index in [4.69, 9.17) is 0 Å². The topological polar surface area (TPSA) is 91.1 Å². The van der Waals surface area contributed by atoms with Crippen molar-refractivity contribution < 1.29 is 18.5 Å². The van der Waals surface area contributed by atoms with Gasteiger partial charge in [-0.25, -0.2) is 18.3 Å². The standard InChI is InChI=1S/C27H37N10.2FH/c1-27(2,19-28-21-11-7-9-13-23(21)30-32-25-34(3)15-16-35(25)4)20-29-22-12-8-10-14-24(22)31-33-26-36(5)17-18-37(26)6;;/h7-18,21,23,28H,19-20H2,1-6H3;2*1H/q+1;;/p-1. The highest BCUT2D eigenvalue weighted by molar-refractivity contribution is 5.64. The van der Waals surface area contributed by atoms with Crippen LogP contribution in [-0.4, -0.2) is 34.3 Å². The van der Waals surface area contributed by atoms with Gasteiger partial charge in [-0.1, -0.05) is 55.4 Å². The minimum Gasteiger partial charge on any atom is -1.00 e. The molecule has 0 aliphatic heterocycles. The molecular formula is C27H38F2N10. The van der Waals surface area contributed by atoms with E-state index in [1.807, 2.05) is 102 Å². The van der Waals surface area contributed by atoms with Crippen molar-refractivity contribution in [2.24, 2.45) is 54.1 Å². The Morgan fingerprint density at radius 3 is 2.10 bits per heavy atom. The van der Waals surface area contributed by atoms with Gasteiger partial charge in [0.05, 0.1) is 64.7 Å². The van der Waals surface area contributed by atoms with Crippen LogP contribution in [0.2, 0.25) is 0 Å². The van der Waals surface area contributed by atoms with E-state index in [9.17, 15) is 0 Å². The molecule has 12 heteroatoms. The minimum absolute atomic E-state index is 0. The van der Waals surface area contributed by atoms with E-state index in [-0.39, 0.29) is 26.9 Å². The van der Waals surface area contributed by atoms with Gasteiger partial charge < -0.3 is 20.0 Å². The molecule has 3 aromatic rings. The van der Waals surface area contributed by atoms with Crippen molar-refractivity contribution in [3.05, 3.63) is 73.4 Å². The number of imidazole rings is 2. The van der Waals surface area contributed by atoms with Crippen molar-refractivity contribution in [3.63, 3.8) is 0 Å². The summed E-state index contributed by atoms with van der Waals surface area (Å²) in [5.74, 6) is 1.59. The first-order chi connectivity index (χ1) is 17.7. The number of nitrogens with zero attached hydrogens (tertiary/aromatic N) is 8. The second-order valence-corrected chi connectivity index (χ2v) is 10.3. The second kappa shape index (κ2) is 13.7. The molecule has 0 radical (unpaired) electrons. The average Bonchev–Trinajstić information content (AvgIpc) is 3.39. The summed E-state index contributed by atoms with van der Waals surface area (Å²) in [5.41, 5.74) is 1.73. The van der Waals surface area contributed by atoms with Gasteiger partial charge in [-0.3, -0.25) is 0 Å². The van der Waals surface area contributed by atoms with E-state index in [1.165, 1.54) is 0 Å². The van der Waals surface area contributed by atoms with E-state index >= 15 is 0 Å². The summed E-state index contributed by atoms with van der Waals surface area (Å²) >= 11 is 0. The molecule has 0 saturated carbocycles. The Morgan fingerprint density at radius 1 is 0.846 bits per heavy atom. The highest BCUT2D eigenvalue weighted by Crippen LogP contribution is 2.27. The molecule has 0 spiro atoms. The van der Waals surface area contributed by atoms with Crippen LogP contribution >= 0.6 is 0 Å². The molecule has 2 atom stereocenters. The van der Waals surface area contributed by atoms with E-state index < -0.39 is 0 Å². The highest BCUT2D eigenvalue weighted by Gasteiger charge is 2.25.